The van der Waals surface area contributed by atoms with Crippen molar-refractivity contribution < 1.29 is 14.3 Å². The molecule has 1 saturated carbocycles. The standard InChI is InChI=1S/C15H17FN4O2S/c16-10-5-11-13(17-6-10)19-4-3-18(15(21)22)8-12(19)14(23)20(11)7-9-1-2-9/h5-6,9,12H,1-4,7-8H2,(H,21,22)/t12-/m1/s1. The highest BCUT2D eigenvalue weighted by Crippen LogP contribution is 2.40. The molecule has 3 aliphatic rings. The number of amides is 1. The molecule has 2 fully saturated rings. The van der Waals surface area contributed by atoms with Crippen molar-refractivity contribution in [1.29, 1.82) is 0 Å². The number of carbonyl (C=O) groups is 1. The molecule has 0 aromatic carbocycles. The molecular weight excluding hydrogens is 319 g/mol. The molecule has 1 amide bonds. The van der Waals surface area contributed by atoms with Gasteiger partial charge in [0, 0.05) is 25.7 Å². The summed E-state index contributed by atoms with van der Waals surface area (Å²) < 4.78 is 13.7. The van der Waals surface area contributed by atoms with Gasteiger partial charge in [-0.05, 0) is 18.8 Å². The first kappa shape index (κ1) is 14.6. The number of anilines is 2. The van der Waals surface area contributed by atoms with Crippen LogP contribution in [0.3, 0.4) is 0 Å². The highest BCUT2D eigenvalue weighted by Gasteiger charge is 2.42. The molecule has 3 heterocycles. The molecule has 8 heteroatoms. The normalized spacial score (nSPS) is 23.6. The minimum absolute atomic E-state index is 0.209. The number of nitrogens with zero attached hydrogens (tertiary/aromatic N) is 4. The number of halogens is 1. The van der Waals surface area contributed by atoms with Crippen LogP contribution >= 0.6 is 12.2 Å². The Kier molecular flexibility index (Phi) is 3.37. The molecule has 1 aliphatic carbocycles. The SMILES string of the molecule is O=C(O)N1CCN2c3ncc(F)cc3N(CC3CC3)C(=S)[C@H]2C1. The predicted molar refractivity (Wildman–Crippen MR) is 87.6 cm³/mol. The van der Waals surface area contributed by atoms with Crippen molar-refractivity contribution in [2.24, 2.45) is 5.92 Å². The first-order valence-electron chi connectivity index (χ1n) is 7.76. The monoisotopic (exact) mass is 336 g/mol. The Morgan fingerprint density at radius 2 is 2.22 bits per heavy atom. The van der Waals surface area contributed by atoms with Gasteiger partial charge in [0.15, 0.2) is 5.82 Å². The summed E-state index contributed by atoms with van der Waals surface area (Å²) in [6, 6.07) is 1.27. The Morgan fingerprint density at radius 1 is 1.43 bits per heavy atom. The molecule has 1 atom stereocenters. The molecule has 4 rings (SSSR count). The lowest BCUT2D eigenvalue weighted by Gasteiger charge is -2.48. The third-order valence-corrected chi connectivity index (χ3v) is 5.21. The minimum Gasteiger partial charge on any atom is -0.465 e. The van der Waals surface area contributed by atoms with Gasteiger partial charge in [-0.3, -0.25) is 0 Å². The third-order valence-electron chi connectivity index (χ3n) is 4.72. The van der Waals surface area contributed by atoms with Crippen LogP contribution in [0.1, 0.15) is 12.8 Å². The molecule has 0 radical (unpaired) electrons. The van der Waals surface area contributed by atoms with E-state index in [9.17, 15) is 14.3 Å². The Bertz CT molecular complexity index is 681. The Morgan fingerprint density at radius 3 is 2.91 bits per heavy atom. The molecule has 1 aromatic rings. The number of piperazine rings is 1. The van der Waals surface area contributed by atoms with Crippen LogP contribution in [0.2, 0.25) is 0 Å². The van der Waals surface area contributed by atoms with Gasteiger partial charge in [-0.2, -0.15) is 0 Å². The lowest BCUT2D eigenvalue weighted by Crippen LogP contribution is -2.63. The fourth-order valence-electron chi connectivity index (χ4n) is 3.31. The van der Waals surface area contributed by atoms with E-state index in [-0.39, 0.29) is 11.9 Å². The maximum atomic E-state index is 13.7. The number of carboxylic acid groups (broad SMARTS) is 1. The van der Waals surface area contributed by atoms with Crippen molar-refractivity contribution in [2.45, 2.75) is 18.9 Å². The van der Waals surface area contributed by atoms with Crippen molar-refractivity contribution in [3.8, 4) is 0 Å². The molecular formula is C15H17FN4O2S. The van der Waals surface area contributed by atoms with Crippen LogP contribution in [0.25, 0.3) is 0 Å². The van der Waals surface area contributed by atoms with E-state index in [1.165, 1.54) is 17.2 Å². The fraction of sp³-hybridized carbons (Fsp3) is 0.533. The molecule has 0 unspecified atom stereocenters. The Hall–Kier alpha value is -1.96. The van der Waals surface area contributed by atoms with E-state index in [4.69, 9.17) is 12.2 Å². The molecule has 23 heavy (non-hydrogen) atoms. The van der Waals surface area contributed by atoms with Crippen LogP contribution in [-0.2, 0) is 0 Å². The van der Waals surface area contributed by atoms with Gasteiger partial charge >= 0.3 is 6.09 Å². The molecule has 0 spiro atoms. The summed E-state index contributed by atoms with van der Waals surface area (Å²) in [6.45, 7) is 2.00. The summed E-state index contributed by atoms with van der Waals surface area (Å²) in [5.41, 5.74) is 0.710. The van der Waals surface area contributed by atoms with Gasteiger partial charge in [0.1, 0.15) is 10.8 Å². The average molecular weight is 336 g/mol. The summed E-state index contributed by atoms with van der Waals surface area (Å²) >= 11 is 5.64. The average Bonchev–Trinajstić information content (AvgIpc) is 3.35. The minimum atomic E-state index is -0.931. The van der Waals surface area contributed by atoms with Crippen LogP contribution in [0.4, 0.5) is 20.7 Å². The van der Waals surface area contributed by atoms with E-state index < -0.39 is 6.09 Å². The fourth-order valence-corrected chi connectivity index (χ4v) is 3.68. The number of thiocarbonyl (C=S) groups is 1. The first-order valence-corrected chi connectivity index (χ1v) is 8.17. The number of aromatic nitrogens is 1. The smallest absolute Gasteiger partial charge is 0.407 e. The lowest BCUT2D eigenvalue weighted by molar-refractivity contribution is 0.139. The van der Waals surface area contributed by atoms with Gasteiger partial charge in [-0.15, -0.1) is 0 Å². The van der Waals surface area contributed by atoms with Crippen molar-refractivity contribution in [3.63, 3.8) is 0 Å². The van der Waals surface area contributed by atoms with Crippen molar-refractivity contribution in [3.05, 3.63) is 18.1 Å². The van der Waals surface area contributed by atoms with Crippen molar-refractivity contribution >= 4 is 34.8 Å². The number of hydrogen-bond acceptors (Lipinski definition) is 4. The van der Waals surface area contributed by atoms with E-state index in [2.05, 4.69) is 4.98 Å². The maximum absolute atomic E-state index is 13.7. The highest BCUT2D eigenvalue weighted by molar-refractivity contribution is 7.80. The maximum Gasteiger partial charge on any atom is 0.407 e. The van der Waals surface area contributed by atoms with Gasteiger partial charge in [0.2, 0.25) is 0 Å². The topological polar surface area (TPSA) is 59.9 Å². The summed E-state index contributed by atoms with van der Waals surface area (Å²) in [5, 5.41) is 9.25. The van der Waals surface area contributed by atoms with E-state index in [1.807, 2.05) is 9.80 Å². The predicted octanol–water partition coefficient (Wildman–Crippen LogP) is 1.95. The summed E-state index contributed by atoms with van der Waals surface area (Å²) in [5.74, 6) is 0.903. The van der Waals surface area contributed by atoms with Crippen molar-refractivity contribution in [2.75, 3.05) is 36.0 Å². The first-order chi connectivity index (χ1) is 11.0. The second-order valence-electron chi connectivity index (χ2n) is 6.33. The third kappa shape index (κ3) is 2.50. The molecule has 1 aromatic heterocycles. The zero-order valence-corrected chi connectivity index (χ0v) is 13.3. The summed E-state index contributed by atoms with van der Waals surface area (Å²) in [4.78, 5) is 21.6. The molecule has 0 bridgehead atoms. The summed E-state index contributed by atoms with van der Waals surface area (Å²) in [6.07, 6.45) is 2.60. The van der Waals surface area contributed by atoms with E-state index in [1.54, 1.807) is 0 Å². The highest BCUT2D eigenvalue weighted by atomic mass is 32.1. The van der Waals surface area contributed by atoms with Crippen LogP contribution in [0.5, 0.6) is 0 Å². The lowest BCUT2D eigenvalue weighted by atomic mass is 10.1. The van der Waals surface area contributed by atoms with Crippen LogP contribution in [0, 0.1) is 11.7 Å². The summed E-state index contributed by atoms with van der Waals surface area (Å²) in [7, 11) is 0. The van der Waals surface area contributed by atoms with Crippen LogP contribution in [0.15, 0.2) is 12.3 Å². The van der Waals surface area contributed by atoms with E-state index >= 15 is 0 Å². The van der Waals surface area contributed by atoms with Gasteiger partial charge in [0.05, 0.1) is 24.5 Å². The second-order valence-corrected chi connectivity index (χ2v) is 6.74. The van der Waals surface area contributed by atoms with Gasteiger partial charge in [-0.1, -0.05) is 12.2 Å². The molecule has 2 aliphatic heterocycles. The Balaban J connectivity index is 1.72. The zero-order valence-electron chi connectivity index (χ0n) is 12.5. The quantitative estimate of drug-likeness (QED) is 0.833. The van der Waals surface area contributed by atoms with Gasteiger partial charge < -0.3 is 19.8 Å². The molecule has 1 saturated heterocycles. The molecule has 6 nitrogen and oxygen atoms in total. The van der Waals surface area contributed by atoms with Crippen molar-refractivity contribution in [1.82, 2.24) is 9.88 Å². The number of rotatable bonds is 2. The Labute approximate surface area is 138 Å². The number of pyridine rings is 1. The van der Waals surface area contributed by atoms with Crippen LogP contribution in [-0.4, -0.2) is 58.3 Å². The van der Waals surface area contributed by atoms with Crippen LogP contribution < -0.4 is 9.80 Å². The molecule has 1 N–H and O–H groups in total. The number of fused-ring (bicyclic) bond motifs is 3. The second kappa shape index (κ2) is 5.30. The number of hydrogen-bond donors (Lipinski definition) is 1. The largest absolute Gasteiger partial charge is 0.465 e. The zero-order chi connectivity index (χ0) is 16.1. The molecule has 122 valence electrons. The van der Waals surface area contributed by atoms with E-state index in [0.717, 1.165) is 19.4 Å². The van der Waals surface area contributed by atoms with Gasteiger partial charge in [-0.25, -0.2) is 14.2 Å². The van der Waals surface area contributed by atoms with E-state index in [0.29, 0.717) is 42.0 Å². The van der Waals surface area contributed by atoms with Gasteiger partial charge in [0.25, 0.3) is 0 Å².